The number of alkyl halides is 1. The summed E-state index contributed by atoms with van der Waals surface area (Å²) >= 11 is 0. The highest BCUT2D eigenvalue weighted by Gasteiger charge is 2.47. The second-order valence-electron chi connectivity index (χ2n) is 10.3. The minimum atomic E-state index is -1.85. The molecule has 9 heteroatoms. The molecule has 0 aromatic carbocycles. The molecule has 2 bridgehead atoms. The highest BCUT2D eigenvalue weighted by molar-refractivity contribution is 5.86. The van der Waals surface area contributed by atoms with Crippen LogP contribution in [-0.4, -0.2) is 84.0 Å². The van der Waals surface area contributed by atoms with E-state index in [1.807, 2.05) is 4.90 Å². The van der Waals surface area contributed by atoms with Crippen molar-refractivity contribution >= 4 is 11.9 Å². The van der Waals surface area contributed by atoms with Crippen LogP contribution in [0, 0.1) is 5.92 Å². The van der Waals surface area contributed by atoms with Gasteiger partial charge in [0.05, 0.1) is 13.2 Å². The number of piperidine rings is 2. The Morgan fingerprint density at radius 3 is 2.58 bits per heavy atom. The van der Waals surface area contributed by atoms with Crippen LogP contribution < -0.4 is 15.0 Å². The monoisotopic (exact) mass is 461 g/mol. The molecule has 33 heavy (non-hydrogen) atoms. The first-order valence-corrected chi connectivity index (χ1v) is 12.5. The lowest BCUT2D eigenvalue weighted by atomic mass is 9.78. The highest BCUT2D eigenvalue weighted by atomic mass is 19.1. The van der Waals surface area contributed by atoms with Gasteiger partial charge < -0.3 is 24.6 Å². The number of carbonyl (C=O) groups is 1. The summed E-state index contributed by atoms with van der Waals surface area (Å²) in [5.41, 5.74) is -2.17. The van der Waals surface area contributed by atoms with Crippen molar-refractivity contribution in [1.82, 2.24) is 20.2 Å². The topological polar surface area (TPSA) is 79.8 Å². The van der Waals surface area contributed by atoms with E-state index in [9.17, 15) is 4.79 Å². The number of anilines is 1. The van der Waals surface area contributed by atoms with Gasteiger partial charge in [-0.1, -0.05) is 0 Å². The first-order valence-electron chi connectivity index (χ1n) is 12.5. The molecule has 8 nitrogen and oxygen atoms in total. The molecule has 1 N–H and O–H groups in total. The van der Waals surface area contributed by atoms with Gasteiger partial charge in [-0.05, 0) is 45.2 Å². The summed E-state index contributed by atoms with van der Waals surface area (Å²) in [6.07, 6.45) is 6.79. The summed E-state index contributed by atoms with van der Waals surface area (Å²) < 4.78 is 27.2. The molecule has 1 atom stereocenters. The Morgan fingerprint density at radius 2 is 1.85 bits per heavy atom. The van der Waals surface area contributed by atoms with Gasteiger partial charge in [-0.25, -0.2) is 9.37 Å². The van der Waals surface area contributed by atoms with Crippen molar-refractivity contribution in [3.8, 4) is 5.88 Å². The third kappa shape index (κ3) is 4.94. The summed E-state index contributed by atoms with van der Waals surface area (Å²) in [6, 6.07) is 1.76. The molecule has 0 spiro atoms. The molecule has 5 saturated heterocycles. The number of rotatable bonds is 5. The normalized spacial score (nSPS) is 32.2. The summed E-state index contributed by atoms with van der Waals surface area (Å²) in [7, 11) is 0. The zero-order valence-corrected chi connectivity index (χ0v) is 19.6. The molecule has 5 fully saturated rings. The van der Waals surface area contributed by atoms with Gasteiger partial charge in [0.15, 0.2) is 5.67 Å². The van der Waals surface area contributed by atoms with Crippen LogP contribution in [0.3, 0.4) is 0 Å². The summed E-state index contributed by atoms with van der Waals surface area (Å²) in [5.74, 6) is 1.05. The number of nitrogens with one attached hydrogen (secondary N) is 1. The Balaban J connectivity index is 1.18. The van der Waals surface area contributed by atoms with Crippen molar-refractivity contribution in [2.24, 2.45) is 5.92 Å². The molecule has 5 aliphatic rings. The van der Waals surface area contributed by atoms with E-state index in [1.165, 1.54) is 0 Å². The van der Waals surface area contributed by atoms with E-state index < -0.39 is 11.6 Å². The fourth-order valence-electron chi connectivity index (χ4n) is 5.73. The van der Waals surface area contributed by atoms with Crippen LogP contribution in [-0.2, 0) is 9.53 Å². The smallest absolute Gasteiger partial charge is 0.258 e. The third-order valence-electron chi connectivity index (χ3n) is 8.15. The molecular formula is C24H36FN5O3. The number of ether oxygens (including phenoxy) is 2. The molecule has 5 aliphatic heterocycles. The molecule has 1 amide bonds. The number of aromatic nitrogens is 2. The van der Waals surface area contributed by atoms with E-state index in [4.69, 9.17) is 9.47 Å². The number of carbonyl (C=O) groups excluding carboxylic acids is 1. The van der Waals surface area contributed by atoms with Gasteiger partial charge in [0.1, 0.15) is 6.10 Å². The maximum Gasteiger partial charge on any atom is 0.258 e. The zero-order chi connectivity index (χ0) is 22.9. The molecular weight excluding hydrogens is 425 g/mol. The Kier molecular flexibility index (Phi) is 6.44. The van der Waals surface area contributed by atoms with Gasteiger partial charge in [0.25, 0.3) is 5.91 Å². The fourth-order valence-corrected chi connectivity index (χ4v) is 5.73. The second kappa shape index (κ2) is 9.33. The molecule has 6 heterocycles. The van der Waals surface area contributed by atoms with Crippen molar-refractivity contribution in [1.29, 1.82) is 0 Å². The van der Waals surface area contributed by atoms with Gasteiger partial charge in [-0.15, -0.1) is 0 Å². The van der Waals surface area contributed by atoms with Crippen molar-refractivity contribution in [2.45, 2.75) is 69.2 Å². The van der Waals surface area contributed by atoms with E-state index in [-0.39, 0.29) is 24.5 Å². The van der Waals surface area contributed by atoms with Gasteiger partial charge >= 0.3 is 0 Å². The van der Waals surface area contributed by atoms with Crippen LogP contribution in [0.15, 0.2) is 12.3 Å². The largest absolute Gasteiger partial charge is 0.474 e. The molecule has 0 aliphatic carbocycles. The van der Waals surface area contributed by atoms with Crippen molar-refractivity contribution in [3.63, 3.8) is 0 Å². The van der Waals surface area contributed by atoms with Crippen LogP contribution in [0.2, 0.25) is 0 Å². The quantitative estimate of drug-likeness (QED) is 0.721. The third-order valence-corrected chi connectivity index (χ3v) is 8.15. The number of hydrogen-bond acceptors (Lipinski definition) is 7. The van der Waals surface area contributed by atoms with Crippen LogP contribution >= 0.6 is 0 Å². The minimum Gasteiger partial charge on any atom is -0.474 e. The highest BCUT2D eigenvalue weighted by Crippen LogP contribution is 2.37. The molecule has 0 radical (unpaired) electrons. The molecule has 6 rings (SSSR count). The standard InChI is InChI=1S/C24H36FN5O3/c1-23(7-13-29-11-3-18(23)4-12-29)28-21(31)24(25)8-14-30(15-9-24)22-26-10-2-20(27-22)33-19-5-16-32-17-6-19/h2,10,18-19H,3-9,11-17H2,1H3,(H,28,31). The summed E-state index contributed by atoms with van der Waals surface area (Å²) in [4.78, 5) is 26.4. The summed E-state index contributed by atoms with van der Waals surface area (Å²) in [6.45, 7) is 7.47. The van der Waals surface area contributed by atoms with Gasteiger partial charge in [0, 0.05) is 63.1 Å². The Hall–Kier alpha value is -2.00. The predicted molar refractivity (Wildman–Crippen MR) is 122 cm³/mol. The first kappa shape index (κ1) is 22.8. The number of halogens is 1. The van der Waals surface area contributed by atoms with Crippen LogP contribution in [0.4, 0.5) is 10.3 Å². The van der Waals surface area contributed by atoms with E-state index >= 15 is 4.39 Å². The van der Waals surface area contributed by atoms with Crippen molar-refractivity contribution in [3.05, 3.63) is 12.3 Å². The number of amides is 1. The molecule has 182 valence electrons. The molecule has 1 aromatic heterocycles. The summed E-state index contributed by atoms with van der Waals surface area (Å²) in [5, 5.41) is 3.16. The van der Waals surface area contributed by atoms with Crippen LogP contribution in [0.25, 0.3) is 0 Å². The average Bonchev–Trinajstić information content (AvgIpc) is 3.09. The molecule has 1 aromatic rings. The molecule has 0 saturated carbocycles. The average molecular weight is 462 g/mol. The Morgan fingerprint density at radius 1 is 1.12 bits per heavy atom. The van der Waals surface area contributed by atoms with Crippen LogP contribution in [0.5, 0.6) is 5.88 Å². The number of fused-ring (bicyclic) bond motifs is 4. The Labute approximate surface area is 195 Å². The lowest BCUT2D eigenvalue weighted by Gasteiger charge is -2.41. The predicted octanol–water partition coefficient (Wildman–Crippen LogP) is 2.33. The zero-order valence-electron chi connectivity index (χ0n) is 19.6. The Bertz CT molecular complexity index is 835. The van der Waals surface area contributed by atoms with Gasteiger partial charge in [-0.2, -0.15) is 4.98 Å². The molecule has 1 unspecified atom stereocenters. The fraction of sp³-hybridized carbons (Fsp3) is 0.792. The number of nitrogens with zero attached hydrogens (tertiary/aromatic N) is 4. The SMILES string of the molecule is CC1(NC(=O)C2(F)CCN(c3nccc(OC4CCOCC4)n3)CC2)CCN2CCC1CC2. The maximum atomic E-state index is 15.8. The van der Waals surface area contributed by atoms with Crippen LogP contribution in [0.1, 0.15) is 51.9 Å². The van der Waals surface area contributed by atoms with E-state index in [2.05, 4.69) is 27.1 Å². The van der Waals surface area contributed by atoms with Crippen molar-refractivity contribution in [2.75, 3.05) is 50.8 Å². The van der Waals surface area contributed by atoms with E-state index in [0.29, 0.717) is 44.0 Å². The lowest BCUT2D eigenvalue weighted by molar-refractivity contribution is -0.137. The van der Waals surface area contributed by atoms with Gasteiger partial charge in [-0.3, -0.25) is 4.79 Å². The number of hydrogen-bond donors (Lipinski definition) is 1. The van der Waals surface area contributed by atoms with E-state index in [0.717, 1.165) is 51.7 Å². The van der Waals surface area contributed by atoms with Crippen molar-refractivity contribution < 1.29 is 18.7 Å². The lowest BCUT2D eigenvalue weighted by Crippen LogP contribution is -2.59. The second-order valence-corrected chi connectivity index (χ2v) is 10.3. The van der Waals surface area contributed by atoms with Gasteiger partial charge in [0.2, 0.25) is 11.8 Å². The first-order chi connectivity index (χ1) is 15.9. The maximum absolute atomic E-state index is 15.8. The minimum absolute atomic E-state index is 0.0994. The van der Waals surface area contributed by atoms with E-state index in [1.54, 1.807) is 12.3 Å².